The monoisotopic (exact) mass is 479 g/mol. The van der Waals surface area contributed by atoms with Gasteiger partial charge in [0.15, 0.2) is 17.3 Å². The highest BCUT2D eigenvalue weighted by Crippen LogP contribution is 2.50. The van der Waals surface area contributed by atoms with Gasteiger partial charge in [0.25, 0.3) is 0 Å². The molecule has 2 aliphatic rings. The maximum Gasteiger partial charge on any atom is 0.184 e. The number of piperidine rings is 1. The van der Waals surface area contributed by atoms with Crippen molar-refractivity contribution in [1.82, 2.24) is 19.9 Å². The highest BCUT2D eigenvalue weighted by Gasteiger charge is 2.46. The molecule has 5 rings (SSSR count). The van der Waals surface area contributed by atoms with Crippen molar-refractivity contribution in [2.75, 3.05) is 29.5 Å². The normalized spacial score (nSPS) is 18.8. The van der Waals surface area contributed by atoms with Crippen LogP contribution in [0.3, 0.4) is 0 Å². The van der Waals surface area contributed by atoms with Gasteiger partial charge in [0.1, 0.15) is 16.9 Å². The molecule has 0 amide bonds. The zero-order valence-electron chi connectivity index (χ0n) is 17.7. The van der Waals surface area contributed by atoms with E-state index in [9.17, 15) is 5.26 Å². The molecule has 11 heteroatoms. The summed E-state index contributed by atoms with van der Waals surface area (Å²) < 4.78 is 0. The summed E-state index contributed by atoms with van der Waals surface area (Å²) in [6, 6.07) is 7.86. The van der Waals surface area contributed by atoms with E-state index in [1.54, 1.807) is 12.3 Å². The van der Waals surface area contributed by atoms with Crippen LogP contribution in [0.2, 0.25) is 5.02 Å². The predicted molar refractivity (Wildman–Crippen MR) is 128 cm³/mol. The number of nitriles is 1. The van der Waals surface area contributed by atoms with E-state index >= 15 is 0 Å². The van der Waals surface area contributed by atoms with Gasteiger partial charge in [0, 0.05) is 42.1 Å². The summed E-state index contributed by atoms with van der Waals surface area (Å²) in [4.78, 5) is 20.2. The summed E-state index contributed by atoms with van der Waals surface area (Å²) in [5.41, 5.74) is 21.1. The second kappa shape index (κ2) is 8.33. The van der Waals surface area contributed by atoms with Gasteiger partial charge in [-0.05, 0) is 42.4 Å². The lowest BCUT2D eigenvalue weighted by Crippen LogP contribution is -2.45. The number of rotatable bonds is 3. The zero-order valence-corrected chi connectivity index (χ0v) is 19.3. The van der Waals surface area contributed by atoms with Crippen LogP contribution in [0.4, 0.5) is 17.5 Å². The maximum absolute atomic E-state index is 9.78. The third-order valence-electron chi connectivity index (χ3n) is 6.56. The molecule has 3 aromatic heterocycles. The van der Waals surface area contributed by atoms with Crippen molar-refractivity contribution in [1.29, 1.82) is 5.26 Å². The van der Waals surface area contributed by atoms with Gasteiger partial charge in [0.05, 0.1) is 5.02 Å². The number of nitrogens with zero attached hydrogens (tertiary/aromatic N) is 6. The first-order chi connectivity index (χ1) is 15.9. The highest BCUT2D eigenvalue weighted by atomic mass is 35.5. The molecule has 0 aromatic carbocycles. The number of fused-ring (bicyclic) bond motifs is 1. The van der Waals surface area contributed by atoms with Crippen LogP contribution in [0, 0.1) is 16.7 Å². The Balaban J connectivity index is 1.37. The average molecular weight is 480 g/mol. The molecule has 168 valence electrons. The topological polar surface area (TPSA) is 157 Å². The molecule has 0 unspecified atom stereocenters. The molecule has 1 aliphatic heterocycles. The van der Waals surface area contributed by atoms with Gasteiger partial charge in [0.2, 0.25) is 0 Å². The fourth-order valence-corrected chi connectivity index (χ4v) is 5.77. The Morgan fingerprint density at radius 3 is 2.64 bits per heavy atom. The minimum absolute atomic E-state index is 0.0210. The molecule has 4 heterocycles. The number of nitrogen functional groups attached to an aromatic ring is 2. The summed E-state index contributed by atoms with van der Waals surface area (Å²) in [6.45, 7) is 1.42. The molecule has 9 nitrogen and oxygen atoms in total. The van der Waals surface area contributed by atoms with Crippen LogP contribution < -0.4 is 22.1 Å². The molecule has 3 aromatic rings. The average Bonchev–Trinajstić information content (AvgIpc) is 3.09. The smallest absolute Gasteiger partial charge is 0.184 e. The van der Waals surface area contributed by atoms with Crippen molar-refractivity contribution >= 4 is 40.8 Å². The molecule has 0 radical (unpaired) electrons. The lowest BCUT2D eigenvalue weighted by atomic mass is 9.73. The lowest BCUT2D eigenvalue weighted by Gasteiger charge is -2.42. The summed E-state index contributed by atoms with van der Waals surface area (Å²) in [5, 5.41) is 10.5. The summed E-state index contributed by atoms with van der Waals surface area (Å²) in [7, 11) is 0. The molecule has 1 fully saturated rings. The highest BCUT2D eigenvalue weighted by molar-refractivity contribution is 7.99. The Bertz CT molecular complexity index is 1270. The number of hydrogen-bond donors (Lipinski definition) is 3. The molecule has 1 atom stereocenters. The molecule has 33 heavy (non-hydrogen) atoms. The third-order valence-corrected chi connectivity index (χ3v) is 8.13. The minimum Gasteiger partial charge on any atom is -0.382 e. The van der Waals surface area contributed by atoms with Crippen molar-refractivity contribution in [3.05, 3.63) is 52.6 Å². The van der Waals surface area contributed by atoms with Crippen molar-refractivity contribution in [2.45, 2.75) is 35.2 Å². The Kier molecular flexibility index (Phi) is 5.48. The second-order valence-electron chi connectivity index (χ2n) is 8.35. The van der Waals surface area contributed by atoms with Crippen molar-refractivity contribution in [3.63, 3.8) is 0 Å². The van der Waals surface area contributed by atoms with E-state index in [0.29, 0.717) is 33.9 Å². The molecule has 1 spiro atoms. The summed E-state index contributed by atoms with van der Waals surface area (Å²) in [5.74, 6) is 0.946. The van der Waals surface area contributed by atoms with Crippen LogP contribution >= 0.6 is 23.4 Å². The Hall–Kier alpha value is -3.13. The third kappa shape index (κ3) is 3.72. The van der Waals surface area contributed by atoms with E-state index in [1.807, 2.05) is 12.3 Å². The van der Waals surface area contributed by atoms with Gasteiger partial charge in [-0.25, -0.2) is 15.0 Å². The van der Waals surface area contributed by atoms with Crippen molar-refractivity contribution < 1.29 is 0 Å². The predicted octanol–water partition coefficient (Wildman–Crippen LogP) is 2.95. The van der Waals surface area contributed by atoms with Crippen LogP contribution in [0.1, 0.15) is 35.8 Å². The van der Waals surface area contributed by atoms with E-state index in [1.165, 1.54) is 11.8 Å². The van der Waals surface area contributed by atoms with E-state index in [0.717, 1.165) is 30.5 Å². The zero-order chi connectivity index (χ0) is 23.2. The van der Waals surface area contributed by atoms with Crippen molar-refractivity contribution in [2.24, 2.45) is 11.1 Å². The van der Waals surface area contributed by atoms with Gasteiger partial charge in [-0.2, -0.15) is 5.26 Å². The molecule has 1 saturated heterocycles. The fraction of sp³-hybridized carbons (Fsp3) is 0.318. The van der Waals surface area contributed by atoms with Crippen molar-refractivity contribution in [3.8, 4) is 6.07 Å². The van der Waals surface area contributed by atoms with Crippen LogP contribution in [0.25, 0.3) is 0 Å². The number of halogens is 1. The first-order valence-corrected chi connectivity index (χ1v) is 11.7. The number of aromatic nitrogens is 4. The van der Waals surface area contributed by atoms with Crippen LogP contribution in [-0.2, 0) is 6.42 Å². The molecule has 0 saturated carbocycles. The Morgan fingerprint density at radius 1 is 1.12 bits per heavy atom. The van der Waals surface area contributed by atoms with Gasteiger partial charge in [-0.1, -0.05) is 29.4 Å². The summed E-state index contributed by atoms with van der Waals surface area (Å²) in [6.07, 6.45) is 6.00. The van der Waals surface area contributed by atoms with Crippen LogP contribution in [0.15, 0.2) is 40.5 Å². The largest absolute Gasteiger partial charge is 0.382 e. The number of pyridine rings is 2. The molecular formula is C22H22ClN9S. The van der Waals surface area contributed by atoms with Gasteiger partial charge in [-0.15, -0.1) is 0 Å². The van der Waals surface area contributed by atoms with Crippen LogP contribution in [-0.4, -0.2) is 33.0 Å². The fourth-order valence-electron chi connectivity index (χ4n) is 4.72. The molecular weight excluding hydrogens is 458 g/mol. The Morgan fingerprint density at radius 2 is 1.91 bits per heavy atom. The van der Waals surface area contributed by atoms with E-state index in [2.05, 4.69) is 37.0 Å². The van der Waals surface area contributed by atoms with Gasteiger partial charge in [-0.3, -0.25) is 4.98 Å². The lowest BCUT2D eigenvalue weighted by molar-refractivity contribution is 0.186. The molecule has 0 bridgehead atoms. The number of nitrogens with two attached hydrogens (primary N) is 3. The van der Waals surface area contributed by atoms with E-state index in [4.69, 9.17) is 28.8 Å². The van der Waals surface area contributed by atoms with Gasteiger partial charge < -0.3 is 22.1 Å². The molecule has 6 N–H and O–H groups in total. The minimum atomic E-state index is -0.0359. The number of anilines is 3. The number of hydrogen-bond acceptors (Lipinski definition) is 10. The first-order valence-electron chi connectivity index (χ1n) is 10.5. The molecule has 1 aliphatic carbocycles. The first kappa shape index (κ1) is 21.7. The summed E-state index contributed by atoms with van der Waals surface area (Å²) >= 11 is 7.45. The van der Waals surface area contributed by atoms with Crippen LogP contribution in [0.5, 0.6) is 0 Å². The van der Waals surface area contributed by atoms with E-state index in [-0.39, 0.29) is 28.8 Å². The maximum atomic E-state index is 9.78. The SMILES string of the molecule is N#Cc1nc(Sc2ccnc(N)c2Cl)c(N)nc1N1CCC2(CC1)Cc1ncccc1[C@H]2N. The van der Waals surface area contributed by atoms with Gasteiger partial charge >= 0.3 is 0 Å². The Labute approximate surface area is 200 Å². The standard InChI is InChI=1S/C22H22ClN9S/c23-16-15(3-7-29-18(16)26)33-21-19(27)31-20(14(11-24)30-21)32-8-4-22(5-9-32)10-13-12(17(22)25)2-1-6-28-13/h1-3,6-7,17H,4-5,8-10,25H2,(H2,26,29)(H2,27,31)/t17-/m1/s1. The quantitative estimate of drug-likeness (QED) is 0.510. The van der Waals surface area contributed by atoms with E-state index < -0.39 is 0 Å². The second-order valence-corrected chi connectivity index (χ2v) is 9.76.